The van der Waals surface area contributed by atoms with Gasteiger partial charge < -0.3 is 10.1 Å². The summed E-state index contributed by atoms with van der Waals surface area (Å²) in [5.74, 6) is 0. The van der Waals surface area contributed by atoms with Gasteiger partial charge in [0.05, 0.1) is 6.10 Å². The number of hydrogen-bond donors (Lipinski definition) is 1. The van der Waals surface area contributed by atoms with Crippen LogP contribution in [0.15, 0.2) is 30.3 Å². The molecule has 0 spiro atoms. The molecule has 112 valence electrons. The monoisotopic (exact) mass is 276 g/mol. The number of ether oxygens (including phenoxy) is 1. The summed E-state index contributed by atoms with van der Waals surface area (Å²) in [6, 6.07) is 11.3. The van der Waals surface area contributed by atoms with Gasteiger partial charge in [-0.2, -0.15) is 0 Å². The van der Waals surface area contributed by atoms with E-state index in [2.05, 4.69) is 54.4 Å². The third kappa shape index (κ3) is 4.30. The second kappa shape index (κ2) is 8.40. The van der Waals surface area contributed by atoms with Crippen LogP contribution in [0, 0.1) is 0 Å². The minimum atomic E-state index is 0.404. The first-order valence-corrected chi connectivity index (χ1v) is 7.96. The average Bonchev–Trinajstić information content (AvgIpc) is 2.50. The van der Waals surface area contributed by atoms with Crippen molar-refractivity contribution >= 4 is 0 Å². The van der Waals surface area contributed by atoms with Crippen LogP contribution in [-0.4, -0.2) is 43.8 Å². The first-order valence-electron chi connectivity index (χ1n) is 7.96. The summed E-state index contributed by atoms with van der Waals surface area (Å²) in [6.45, 7) is 9.34. The van der Waals surface area contributed by atoms with Crippen LogP contribution >= 0.6 is 0 Å². The van der Waals surface area contributed by atoms with E-state index in [1.165, 1.54) is 24.9 Å². The molecule has 1 saturated heterocycles. The quantitative estimate of drug-likeness (QED) is 0.829. The Hall–Kier alpha value is -0.900. The molecule has 1 aliphatic heterocycles. The fraction of sp³-hybridized carbons (Fsp3) is 0.647. The van der Waals surface area contributed by atoms with E-state index < -0.39 is 0 Å². The molecule has 1 aromatic carbocycles. The Morgan fingerprint density at radius 3 is 2.80 bits per heavy atom. The molecule has 20 heavy (non-hydrogen) atoms. The zero-order valence-corrected chi connectivity index (χ0v) is 12.8. The highest BCUT2D eigenvalue weighted by Gasteiger charge is 2.26. The molecule has 1 fully saturated rings. The maximum Gasteiger partial charge on any atom is 0.0702 e. The third-order valence-electron chi connectivity index (χ3n) is 4.02. The summed E-state index contributed by atoms with van der Waals surface area (Å²) in [4.78, 5) is 2.59. The lowest BCUT2D eigenvalue weighted by atomic mass is 10.0. The van der Waals surface area contributed by atoms with Crippen LogP contribution in [0.2, 0.25) is 0 Å². The van der Waals surface area contributed by atoms with Crippen LogP contribution in [0.4, 0.5) is 0 Å². The van der Waals surface area contributed by atoms with Crippen molar-refractivity contribution in [1.82, 2.24) is 10.2 Å². The molecule has 0 aromatic heterocycles. The van der Waals surface area contributed by atoms with Gasteiger partial charge in [-0.05, 0) is 38.4 Å². The van der Waals surface area contributed by atoms with E-state index >= 15 is 0 Å². The topological polar surface area (TPSA) is 24.5 Å². The summed E-state index contributed by atoms with van der Waals surface area (Å²) in [6.07, 6.45) is 2.84. The summed E-state index contributed by atoms with van der Waals surface area (Å²) in [5.41, 5.74) is 1.41. The molecular weight excluding hydrogens is 248 g/mol. The minimum Gasteiger partial charge on any atom is -0.377 e. The molecule has 1 aromatic rings. The van der Waals surface area contributed by atoms with Gasteiger partial charge in [-0.15, -0.1) is 0 Å². The molecule has 2 rings (SSSR count). The van der Waals surface area contributed by atoms with E-state index in [9.17, 15) is 0 Å². The number of likely N-dealkylation sites (tertiary alicyclic amines) is 1. The maximum atomic E-state index is 5.84. The van der Waals surface area contributed by atoms with Gasteiger partial charge in [0.2, 0.25) is 0 Å². The largest absolute Gasteiger partial charge is 0.377 e. The Labute approximate surface area is 123 Å². The van der Waals surface area contributed by atoms with Gasteiger partial charge in [0.25, 0.3) is 0 Å². The molecule has 0 amide bonds. The first kappa shape index (κ1) is 15.5. The van der Waals surface area contributed by atoms with Crippen molar-refractivity contribution in [2.24, 2.45) is 0 Å². The highest BCUT2D eigenvalue weighted by molar-refractivity contribution is 5.19. The SMILES string of the molecule is CCNCC(c1ccccc1)N1CCCC(OCC)C1. The van der Waals surface area contributed by atoms with E-state index in [4.69, 9.17) is 4.74 Å². The third-order valence-corrected chi connectivity index (χ3v) is 4.02. The molecule has 2 unspecified atom stereocenters. The van der Waals surface area contributed by atoms with Gasteiger partial charge in [0, 0.05) is 25.7 Å². The van der Waals surface area contributed by atoms with Gasteiger partial charge >= 0.3 is 0 Å². The first-order chi connectivity index (χ1) is 9.85. The lowest BCUT2D eigenvalue weighted by Gasteiger charge is -2.38. The van der Waals surface area contributed by atoms with Crippen molar-refractivity contribution in [2.45, 2.75) is 38.8 Å². The normalized spacial score (nSPS) is 21.8. The molecule has 1 aliphatic rings. The molecule has 0 radical (unpaired) electrons. The van der Waals surface area contributed by atoms with E-state index in [1.54, 1.807) is 0 Å². The zero-order chi connectivity index (χ0) is 14.2. The van der Waals surface area contributed by atoms with Crippen molar-refractivity contribution in [3.05, 3.63) is 35.9 Å². The van der Waals surface area contributed by atoms with Crippen LogP contribution in [0.3, 0.4) is 0 Å². The zero-order valence-electron chi connectivity index (χ0n) is 12.8. The highest BCUT2D eigenvalue weighted by Crippen LogP contribution is 2.25. The molecule has 0 aliphatic carbocycles. The van der Waals surface area contributed by atoms with Crippen LogP contribution in [0.1, 0.15) is 38.3 Å². The number of rotatable bonds is 7. The molecular formula is C17H28N2O. The Kier molecular flexibility index (Phi) is 6.51. The van der Waals surface area contributed by atoms with E-state index in [1.807, 2.05) is 0 Å². The highest BCUT2D eigenvalue weighted by atomic mass is 16.5. The minimum absolute atomic E-state index is 0.404. The van der Waals surface area contributed by atoms with Gasteiger partial charge in [0.1, 0.15) is 0 Å². The smallest absolute Gasteiger partial charge is 0.0702 e. The lowest BCUT2D eigenvalue weighted by Crippen LogP contribution is -2.44. The predicted molar refractivity (Wildman–Crippen MR) is 83.9 cm³/mol. The maximum absolute atomic E-state index is 5.84. The molecule has 1 N–H and O–H groups in total. The van der Waals surface area contributed by atoms with Gasteiger partial charge in [-0.3, -0.25) is 4.90 Å². The Morgan fingerprint density at radius 1 is 1.30 bits per heavy atom. The fourth-order valence-corrected chi connectivity index (χ4v) is 3.04. The van der Waals surface area contributed by atoms with Crippen molar-refractivity contribution < 1.29 is 4.74 Å². The number of hydrogen-bond acceptors (Lipinski definition) is 3. The molecule has 3 nitrogen and oxygen atoms in total. The summed E-state index contributed by atoms with van der Waals surface area (Å²) >= 11 is 0. The Balaban J connectivity index is 2.05. The Bertz CT molecular complexity index is 367. The van der Waals surface area contributed by atoms with Crippen molar-refractivity contribution in [1.29, 1.82) is 0 Å². The van der Waals surface area contributed by atoms with Crippen LogP contribution in [-0.2, 0) is 4.74 Å². The molecule has 3 heteroatoms. The van der Waals surface area contributed by atoms with Crippen molar-refractivity contribution in [2.75, 3.05) is 32.8 Å². The van der Waals surface area contributed by atoms with E-state index in [-0.39, 0.29) is 0 Å². The van der Waals surface area contributed by atoms with Gasteiger partial charge in [-0.25, -0.2) is 0 Å². The van der Waals surface area contributed by atoms with Gasteiger partial charge in [0.15, 0.2) is 0 Å². The van der Waals surface area contributed by atoms with Crippen LogP contribution in [0.25, 0.3) is 0 Å². The number of nitrogens with zero attached hydrogens (tertiary/aromatic N) is 1. The van der Waals surface area contributed by atoms with Crippen LogP contribution in [0.5, 0.6) is 0 Å². The number of likely N-dealkylation sites (N-methyl/N-ethyl adjacent to an activating group) is 1. The Morgan fingerprint density at radius 2 is 2.10 bits per heavy atom. The van der Waals surface area contributed by atoms with E-state index in [0.29, 0.717) is 12.1 Å². The van der Waals surface area contributed by atoms with Crippen molar-refractivity contribution in [3.63, 3.8) is 0 Å². The molecule has 1 heterocycles. The fourth-order valence-electron chi connectivity index (χ4n) is 3.04. The summed E-state index contributed by atoms with van der Waals surface area (Å²) < 4.78 is 5.84. The summed E-state index contributed by atoms with van der Waals surface area (Å²) in [5, 5.41) is 3.51. The van der Waals surface area contributed by atoms with Gasteiger partial charge in [-0.1, -0.05) is 37.3 Å². The van der Waals surface area contributed by atoms with Crippen molar-refractivity contribution in [3.8, 4) is 0 Å². The second-order valence-electron chi connectivity index (χ2n) is 5.45. The number of piperidine rings is 1. The molecule has 0 saturated carbocycles. The second-order valence-corrected chi connectivity index (χ2v) is 5.45. The standard InChI is InChI=1S/C17H28N2O/c1-3-18-13-17(15-9-6-5-7-10-15)19-12-8-11-16(14-19)20-4-2/h5-7,9-10,16-18H,3-4,8,11-14H2,1-2H3. The van der Waals surface area contributed by atoms with E-state index in [0.717, 1.165) is 26.2 Å². The number of nitrogens with one attached hydrogen (secondary N) is 1. The number of benzene rings is 1. The summed E-state index contributed by atoms with van der Waals surface area (Å²) in [7, 11) is 0. The van der Waals surface area contributed by atoms with Crippen LogP contribution < -0.4 is 5.32 Å². The lowest BCUT2D eigenvalue weighted by molar-refractivity contribution is -0.00759. The average molecular weight is 276 g/mol. The molecule has 2 atom stereocenters. The molecule has 0 bridgehead atoms. The predicted octanol–water partition coefficient (Wildman–Crippen LogP) is 2.84.